The van der Waals surface area contributed by atoms with E-state index in [4.69, 9.17) is 4.52 Å². The number of carbonyl (C=O) groups excluding carboxylic acids is 1. The normalized spacial score (nSPS) is 25.3. The van der Waals surface area contributed by atoms with E-state index in [1.54, 1.807) is 29.4 Å². The monoisotopic (exact) mass is 372 g/mol. The summed E-state index contributed by atoms with van der Waals surface area (Å²) in [5, 5.41) is 3.92. The minimum atomic E-state index is -1.79. The molecule has 1 saturated carbocycles. The molecule has 27 heavy (non-hydrogen) atoms. The maximum atomic E-state index is 15.7. The Balaban J connectivity index is 1.53. The summed E-state index contributed by atoms with van der Waals surface area (Å²) in [4.78, 5) is 23.0. The molecule has 2 aromatic heterocycles. The van der Waals surface area contributed by atoms with Gasteiger partial charge in [-0.2, -0.15) is 4.98 Å². The predicted molar refractivity (Wildman–Crippen MR) is 97.3 cm³/mol. The van der Waals surface area contributed by atoms with Gasteiger partial charge >= 0.3 is 0 Å². The number of hydrogen-bond acceptors (Lipinski definition) is 5. The third-order valence-corrected chi connectivity index (χ3v) is 5.95. The van der Waals surface area contributed by atoms with Crippen LogP contribution in [-0.2, 0) is 10.5 Å². The number of aromatic nitrogens is 3. The van der Waals surface area contributed by atoms with Crippen LogP contribution < -0.4 is 0 Å². The van der Waals surface area contributed by atoms with E-state index in [1.165, 1.54) is 6.42 Å². The number of amides is 1. The second-order valence-corrected chi connectivity index (χ2v) is 8.08. The van der Waals surface area contributed by atoms with Gasteiger partial charge in [-0.05, 0) is 37.8 Å². The van der Waals surface area contributed by atoms with Crippen molar-refractivity contribution in [2.75, 3.05) is 13.1 Å². The number of rotatable bonds is 3. The number of likely N-dealkylation sites (tertiary alicyclic amines) is 1. The standard InChI is InChI=1S/C20H25FN4O2/c1-19(8-3-2-4-9-19)18(26)25-13-5-10-20(21,14-25)17-23-16(24-27-17)15-6-11-22-12-7-15/h6-7,11-12H,2-5,8-10,13-14H2,1H3. The fourth-order valence-corrected chi connectivity index (χ4v) is 4.31. The van der Waals surface area contributed by atoms with E-state index in [-0.39, 0.29) is 30.2 Å². The average Bonchev–Trinajstić information content (AvgIpc) is 3.20. The van der Waals surface area contributed by atoms with Crippen molar-refractivity contribution < 1.29 is 13.7 Å². The topological polar surface area (TPSA) is 72.1 Å². The smallest absolute Gasteiger partial charge is 0.266 e. The molecule has 2 aliphatic rings. The molecule has 1 amide bonds. The molecule has 0 spiro atoms. The zero-order valence-corrected chi connectivity index (χ0v) is 15.7. The van der Waals surface area contributed by atoms with E-state index in [0.29, 0.717) is 18.8 Å². The SMILES string of the molecule is CC1(C(=O)N2CCCC(F)(c3nc(-c4ccncc4)no3)C2)CCCCC1. The maximum absolute atomic E-state index is 15.7. The van der Waals surface area contributed by atoms with Crippen molar-refractivity contribution in [3.63, 3.8) is 0 Å². The predicted octanol–water partition coefficient (Wildman–Crippen LogP) is 3.89. The van der Waals surface area contributed by atoms with E-state index >= 15 is 4.39 Å². The lowest BCUT2D eigenvalue weighted by molar-refractivity contribution is -0.148. The van der Waals surface area contributed by atoms with Crippen LogP contribution in [0.1, 0.15) is 57.8 Å². The lowest BCUT2D eigenvalue weighted by atomic mass is 9.74. The summed E-state index contributed by atoms with van der Waals surface area (Å²) >= 11 is 0. The van der Waals surface area contributed by atoms with Crippen LogP contribution in [0.5, 0.6) is 0 Å². The number of carbonyl (C=O) groups is 1. The molecule has 1 saturated heterocycles. The molecular weight excluding hydrogens is 347 g/mol. The first-order chi connectivity index (χ1) is 13.0. The molecule has 6 nitrogen and oxygen atoms in total. The van der Waals surface area contributed by atoms with Gasteiger partial charge < -0.3 is 9.42 Å². The minimum Gasteiger partial charge on any atom is -0.338 e. The van der Waals surface area contributed by atoms with E-state index < -0.39 is 5.67 Å². The lowest BCUT2D eigenvalue weighted by Crippen LogP contribution is -2.51. The number of hydrogen-bond donors (Lipinski definition) is 0. The lowest BCUT2D eigenvalue weighted by Gasteiger charge is -2.41. The highest BCUT2D eigenvalue weighted by molar-refractivity contribution is 5.82. The van der Waals surface area contributed by atoms with Crippen molar-refractivity contribution in [3.8, 4) is 11.4 Å². The first-order valence-electron chi connectivity index (χ1n) is 9.73. The molecule has 1 aliphatic heterocycles. The van der Waals surface area contributed by atoms with Crippen LogP contribution in [0.15, 0.2) is 29.0 Å². The molecule has 1 unspecified atom stereocenters. The molecule has 0 bridgehead atoms. The van der Waals surface area contributed by atoms with Gasteiger partial charge in [0.1, 0.15) is 0 Å². The van der Waals surface area contributed by atoms with E-state index in [0.717, 1.165) is 31.2 Å². The zero-order chi connectivity index (χ0) is 18.9. The molecule has 4 rings (SSSR count). The van der Waals surface area contributed by atoms with Gasteiger partial charge in [-0.15, -0.1) is 0 Å². The van der Waals surface area contributed by atoms with Gasteiger partial charge in [0.2, 0.25) is 17.4 Å². The van der Waals surface area contributed by atoms with Crippen molar-refractivity contribution in [1.29, 1.82) is 0 Å². The highest BCUT2D eigenvalue weighted by Gasteiger charge is 2.47. The molecule has 0 radical (unpaired) electrons. The molecule has 0 N–H and O–H groups in total. The summed E-state index contributed by atoms with van der Waals surface area (Å²) < 4.78 is 21.0. The molecule has 0 aromatic carbocycles. The zero-order valence-electron chi connectivity index (χ0n) is 15.7. The molecule has 2 fully saturated rings. The molecule has 1 aliphatic carbocycles. The Bertz CT molecular complexity index is 803. The Morgan fingerprint density at radius 3 is 2.63 bits per heavy atom. The Hall–Kier alpha value is -2.31. The molecular formula is C20H25FN4O2. The Labute approximate surface area is 158 Å². The highest BCUT2D eigenvalue weighted by Crippen LogP contribution is 2.41. The Morgan fingerprint density at radius 1 is 1.15 bits per heavy atom. The maximum Gasteiger partial charge on any atom is 0.266 e. The van der Waals surface area contributed by atoms with Crippen molar-refractivity contribution in [2.45, 2.75) is 57.5 Å². The van der Waals surface area contributed by atoms with Crippen LogP contribution in [0, 0.1) is 5.41 Å². The minimum absolute atomic E-state index is 0.0145. The van der Waals surface area contributed by atoms with Gasteiger partial charge in [0.05, 0.1) is 6.54 Å². The molecule has 1 atom stereocenters. The summed E-state index contributed by atoms with van der Waals surface area (Å²) in [6.07, 6.45) is 9.20. The van der Waals surface area contributed by atoms with Crippen molar-refractivity contribution in [1.82, 2.24) is 20.0 Å². The molecule has 3 heterocycles. The summed E-state index contributed by atoms with van der Waals surface area (Å²) in [6.45, 7) is 2.60. The summed E-state index contributed by atoms with van der Waals surface area (Å²) in [5.41, 5.74) is -1.44. The Kier molecular flexibility index (Phi) is 4.70. The molecule has 144 valence electrons. The third kappa shape index (κ3) is 3.47. The van der Waals surface area contributed by atoms with Gasteiger partial charge in [0.15, 0.2) is 0 Å². The van der Waals surface area contributed by atoms with Crippen molar-refractivity contribution in [2.24, 2.45) is 5.41 Å². The van der Waals surface area contributed by atoms with Crippen LogP contribution >= 0.6 is 0 Å². The first-order valence-corrected chi connectivity index (χ1v) is 9.73. The van der Waals surface area contributed by atoms with E-state index in [2.05, 4.69) is 15.1 Å². The van der Waals surface area contributed by atoms with Gasteiger partial charge in [0.25, 0.3) is 5.89 Å². The van der Waals surface area contributed by atoms with Crippen LogP contribution in [0.25, 0.3) is 11.4 Å². The van der Waals surface area contributed by atoms with Gasteiger partial charge in [0, 0.05) is 29.9 Å². The summed E-state index contributed by atoms with van der Waals surface area (Å²) in [7, 11) is 0. The van der Waals surface area contributed by atoms with Gasteiger partial charge in [-0.1, -0.05) is 31.3 Å². The highest BCUT2D eigenvalue weighted by atomic mass is 19.1. The molecule has 2 aromatic rings. The fraction of sp³-hybridized carbons (Fsp3) is 0.600. The second kappa shape index (κ2) is 7.02. The number of halogens is 1. The third-order valence-electron chi connectivity index (χ3n) is 5.95. The van der Waals surface area contributed by atoms with Crippen LogP contribution in [0.2, 0.25) is 0 Å². The number of pyridine rings is 1. The summed E-state index contributed by atoms with van der Waals surface area (Å²) in [5.74, 6) is 0.366. The van der Waals surface area contributed by atoms with E-state index in [9.17, 15) is 4.79 Å². The summed E-state index contributed by atoms with van der Waals surface area (Å²) in [6, 6.07) is 3.50. The van der Waals surface area contributed by atoms with Gasteiger partial charge in [-0.3, -0.25) is 9.78 Å². The molecule has 7 heteroatoms. The average molecular weight is 372 g/mol. The fourth-order valence-electron chi connectivity index (χ4n) is 4.31. The first kappa shape index (κ1) is 18.1. The van der Waals surface area contributed by atoms with Gasteiger partial charge in [-0.25, -0.2) is 4.39 Å². The van der Waals surface area contributed by atoms with Crippen LogP contribution in [0.3, 0.4) is 0 Å². The Morgan fingerprint density at radius 2 is 1.89 bits per heavy atom. The quantitative estimate of drug-likeness (QED) is 0.817. The van der Waals surface area contributed by atoms with Crippen LogP contribution in [0.4, 0.5) is 4.39 Å². The second-order valence-electron chi connectivity index (χ2n) is 8.08. The van der Waals surface area contributed by atoms with Crippen molar-refractivity contribution >= 4 is 5.91 Å². The number of piperidine rings is 1. The number of nitrogens with zero attached hydrogens (tertiary/aromatic N) is 4. The van der Waals surface area contributed by atoms with Crippen LogP contribution in [-0.4, -0.2) is 39.0 Å². The largest absolute Gasteiger partial charge is 0.338 e. The number of alkyl halides is 1. The van der Waals surface area contributed by atoms with E-state index in [1.807, 2.05) is 6.92 Å². The van der Waals surface area contributed by atoms with Crippen molar-refractivity contribution in [3.05, 3.63) is 30.4 Å².